The zero-order chi connectivity index (χ0) is 12.3. The minimum absolute atomic E-state index is 0.643. The van der Waals surface area contributed by atoms with Crippen molar-refractivity contribution in [2.75, 3.05) is 31.6 Å². The van der Waals surface area contributed by atoms with Crippen molar-refractivity contribution in [3.05, 3.63) is 22.3 Å². The Morgan fingerprint density at radius 3 is 3.24 bits per heavy atom. The molecule has 0 bridgehead atoms. The molecule has 0 amide bonds. The second kappa shape index (κ2) is 5.48. The van der Waals surface area contributed by atoms with E-state index in [-0.39, 0.29) is 0 Å². The van der Waals surface area contributed by atoms with Gasteiger partial charge >= 0.3 is 0 Å². The molecule has 2 heterocycles. The Labute approximate surface area is 110 Å². The quantitative estimate of drug-likeness (QED) is 0.923. The molecule has 2 rings (SSSR count). The predicted molar refractivity (Wildman–Crippen MR) is 70.9 cm³/mol. The van der Waals surface area contributed by atoms with Crippen molar-refractivity contribution in [1.29, 1.82) is 5.26 Å². The van der Waals surface area contributed by atoms with Crippen LogP contribution >= 0.6 is 15.9 Å². The number of nitriles is 1. The summed E-state index contributed by atoms with van der Waals surface area (Å²) in [5.41, 5.74) is 0.643. The Balaban J connectivity index is 2.16. The molecule has 1 fully saturated rings. The summed E-state index contributed by atoms with van der Waals surface area (Å²) in [5.74, 6) is 1.46. The standard InChI is InChI=1S/C12H15BrN4/c1-15-6-9-2-3-17(8-9)12-10(5-14)4-11(13)7-16-12/h4,7,9,15H,2-3,6,8H2,1H3. The van der Waals surface area contributed by atoms with E-state index in [1.165, 1.54) is 0 Å². The van der Waals surface area contributed by atoms with Gasteiger partial charge < -0.3 is 10.2 Å². The maximum absolute atomic E-state index is 9.12. The number of halogens is 1. The molecule has 17 heavy (non-hydrogen) atoms. The molecule has 1 aromatic heterocycles. The van der Waals surface area contributed by atoms with Crippen LogP contribution in [-0.2, 0) is 0 Å². The Kier molecular flexibility index (Phi) is 3.97. The monoisotopic (exact) mass is 294 g/mol. The predicted octanol–water partition coefficient (Wildman–Crippen LogP) is 1.76. The molecule has 5 heteroatoms. The molecule has 1 N–H and O–H groups in total. The van der Waals surface area contributed by atoms with Crippen molar-refractivity contribution < 1.29 is 0 Å². The van der Waals surface area contributed by atoms with Crippen LogP contribution < -0.4 is 10.2 Å². The van der Waals surface area contributed by atoms with Gasteiger partial charge in [-0.25, -0.2) is 4.98 Å². The third kappa shape index (κ3) is 2.76. The zero-order valence-electron chi connectivity index (χ0n) is 9.78. The highest BCUT2D eigenvalue weighted by Gasteiger charge is 2.24. The number of pyridine rings is 1. The SMILES string of the molecule is CNCC1CCN(c2ncc(Br)cc2C#N)C1. The summed E-state index contributed by atoms with van der Waals surface area (Å²) in [6.45, 7) is 2.98. The van der Waals surface area contributed by atoms with Crippen LogP contribution in [0.15, 0.2) is 16.7 Å². The van der Waals surface area contributed by atoms with Gasteiger partial charge in [-0.15, -0.1) is 0 Å². The summed E-state index contributed by atoms with van der Waals surface area (Å²) >= 11 is 3.34. The summed E-state index contributed by atoms with van der Waals surface area (Å²) < 4.78 is 0.851. The van der Waals surface area contributed by atoms with Crippen molar-refractivity contribution in [2.45, 2.75) is 6.42 Å². The highest BCUT2D eigenvalue weighted by molar-refractivity contribution is 9.10. The molecule has 1 unspecified atom stereocenters. The first-order chi connectivity index (χ1) is 8.24. The van der Waals surface area contributed by atoms with Gasteiger partial charge in [0, 0.05) is 23.8 Å². The molecule has 0 spiro atoms. The van der Waals surface area contributed by atoms with Crippen LogP contribution in [0.1, 0.15) is 12.0 Å². The molecule has 0 radical (unpaired) electrons. The summed E-state index contributed by atoms with van der Waals surface area (Å²) in [6.07, 6.45) is 2.91. The smallest absolute Gasteiger partial charge is 0.146 e. The van der Waals surface area contributed by atoms with Crippen molar-refractivity contribution in [3.8, 4) is 6.07 Å². The van der Waals surface area contributed by atoms with Crippen LogP contribution in [0.4, 0.5) is 5.82 Å². The van der Waals surface area contributed by atoms with Gasteiger partial charge in [0.2, 0.25) is 0 Å². The lowest BCUT2D eigenvalue weighted by Crippen LogP contribution is -2.25. The molecule has 1 atom stereocenters. The number of nitrogens with one attached hydrogen (secondary N) is 1. The molecule has 90 valence electrons. The van der Waals surface area contributed by atoms with Gasteiger partial charge in [0.25, 0.3) is 0 Å². The average molecular weight is 295 g/mol. The zero-order valence-corrected chi connectivity index (χ0v) is 11.4. The van der Waals surface area contributed by atoms with E-state index in [0.717, 1.165) is 36.3 Å². The lowest BCUT2D eigenvalue weighted by molar-refractivity contribution is 0.549. The van der Waals surface area contributed by atoms with Crippen molar-refractivity contribution in [2.24, 2.45) is 5.92 Å². The van der Waals surface area contributed by atoms with Crippen LogP contribution in [0.2, 0.25) is 0 Å². The summed E-state index contributed by atoms with van der Waals surface area (Å²) in [5, 5.41) is 12.3. The fourth-order valence-electron chi connectivity index (χ4n) is 2.25. The Hall–Kier alpha value is -1.12. The maximum Gasteiger partial charge on any atom is 0.146 e. The third-order valence-corrected chi connectivity index (χ3v) is 3.47. The van der Waals surface area contributed by atoms with E-state index in [1.54, 1.807) is 6.20 Å². The minimum atomic E-state index is 0.643. The Bertz CT molecular complexity index is 441. The first-order valence-electron chi connectivity index (χ1n) is 5.69. The second-order valence-electron chi connectivity index (χ2n) is 4.29. The average Bonchev–Trinajstić information content (AvgIpc) is 2.78. The normalized spacial score (nSPS) is 19.4. The molecule has 1 aliphatic rings. The number of rotatable bonds is 3. The number of hydrogen-bond acceptors (Lipinski definition) is 4. The lowest BCUT2D eigenvalue weighted by atomic mass is 10.1. The van der Waals surface area contributed by atoms with Gasteiger partial charge in [0.15, 0.2) is 0 Å². The highest BCUT2D eigenvalue weighted by atomic mass is 79.9. The Morgan fingerprint density at radius 1 is 1.71 bits per heavy atom. The van der Waals surface area contributed by atoms with Crippen LogP contribution in [0.5, 0.6) is 0 Å². The van der Waals surface area contributed by atoms with Gasteiger partial charge in [-0.3, -0.25) is 0 Å². The lowest BCUT2D eigenvalue weighted by Gasteiger charge is -2.18. The van der Waals surface area contributed by atoms with E-state index in [2.05, 4.69) is 37.2 Å². The van der Waals surface area contributed by atoms with Crippen molar-refractivity contribution >= 4 is 21.7 Å². The number of aromatic nitrogens is 1. The minimum Gasteiger partial charge on any atom is -0.355 e. The summed E-state index contributed by atoms with van der Waals surface area (Å²) in [4.78, 5) is 6.56. The molecular weight excluding hydrogens is 280 g/mol. The van der Waals surface area contributed by atoms with Gasteiger partial charge in [-0.2, -0.15) is 5.26 Å². The van der Waals surface area contributed by atoms with E-state index in [1.807, 2.05) is 13.1 Å². The largest absolute Gasteiger partial charge is 0.355 e. The number of anilines is 1. The van der Waals surface area contributed by atoms with Crippen LogP contribution in [-0.4, -0.2) is 31.7 Å². The van der Waals surface area contributed by atoms with Crippen LogP contribution in [0.3, 0.4) is 0 Å². The van der Waals surface area contributed by atoms with E-state index < -0.39 is 0 Å². The molecule has 0 saturated carbocycles. The fourth-order valence-corrected chi connectivity index (χ4v) is 2.58. The molecular formula is C12H15BrN4. The van der Waals surface area contributed by atoms with E-state index in [0.29, 0.717) is 11.5 Å². The summed E-state index contributed by atoms with van der Waals surface area (Å²) in [6, 6.07) is 4.04. The number of nitrogens with zero attached hydrogens (tertiary/aromatic N) is 3. The van der Waals surface area contributed by atoms with E-state index in [9.17, 15) is 0 Å². The molecule has 4 nitrogen and oxygen atoms in total. The molecule has 0 aliphatic carbocycles. The topological polar surface area (TPSA) is 52.0 Å². The van der Waals surface area contributed by atoms with Crippen molar-refractivity contribution in [3.63, 3.8) is 0 Å². The van der Waals surface area contributed by atoms with Crippen LogP contribution in [0, 0.1) is 17.2 Å². The molecule has 1 saturated heterocycles. The third-order valence-electron chi connectivity index (χ3n) is 3.03. The van der Waals surface area contributed by atoms with E-state index in [4.69, 9.17) is 5.26 Å². The Morgan fingerprint density at radius 2 is 2.53 bits per heavy atom. The molecule has 0 aromatic carbocycles. The molecule has 1 aromatic rings. The van der Waals surface area contributed by atoms with Gasteiger partial charge in [0.05, 0.1) is 5.56 Å². The van der Waals surface area contributed by atoms with Crippen molar-refractivity contribution in [1.82, 2.24) is 10.3 Å². The summed E-state index contributed by atoms with van der Waals surface area (Å²) in [7, 11) is 1.97. The van der Waals surface area contributed by atoms with Gasteiger partial charge in [0.1, 0.15) is 11.9 Å². The number of hydrogen-bond donors (Lipinski definition) is 1. The first kappa shape index (κ1) is 12.3. The van der Waals surface area contributed by atoms with Crippen LogP contribution in [0.25, 0.3) is 0 Å². The van der Waals surface area contributed by atoms with Gasteiger partial charge in [-0.05, 0) is 47.9 Å². The second-order valence-corrected chi connectivity index (χ2v) is 5.21. The fraction of sp³-hybridized carbons (Fsp3) is 0.500. The van der Waals surface area contributed by atoms with E-state index >= 15 is 0 Å². The highest BCUT2D eigenvalue weighted by Crippen LogP contribution is 2.26. The first-order valence-corrected chi connectivity index (χ1v) is 6.49. The maximum atomic E-state index is 9.12. The molecule has 1 aliphatic heterocycles. The van der Waals surface area contributed by atoms with Gasteiger partial charge in [-0.1, -0.05) is 0 Å².